The third kappa shape index (κ3) is 7.51. The highest BCUT2D eigenvalue weighted by Crippen LogP contribution is 2.37. The summed E-state index contributed by atoms with van der Waals surface area (Å²) >= 11 is 8.05. The quantitative estimate of drug-likeness (QED) is 0.206. The second-order valence-corrected chi connectivity index (χ2v) is 10.6. The van der Waals surface area contributed by atoms with Crippen molar-refractivity contribution in [1.29, 1.82) is 0 Å². The van der Waals surface area contributed by atoms with Gasteiger partial charge in [-0.3, -0.25) is 9.48 Å². The summed E-state index contributed by atoms with van der Waals surface area (Å²) in [5.74, 6) is -4.01. The SMILES string of the molecule is CCCC(CC(C)Cn1cccn1)C(C)Sc1cc(C(=O)Nc2cc(F)c(F)c(F)c2)ccc1Cl. The van der Waals surface area contributed by atoms with E-state index in [4.69, 9.17) is 11.6 Å². The van der Waals surface area contributed by atoms with Gasteiger partial charge in [0.15, 0.2) is 17.5 Å². The van der Waals surface area contributed by atoms with Crippen LogP contribution in [0.4, 0.5) is 18.9 Å². The average Bonchev–Trinajstić information content (AvgIpc) is 3.31. The van der Waals surface area contributed by atoms with Gasteiger partial charge in [-0.15, -0.1) is 11.8 Å². The minimum absolute atomic E-state index is 0.168. The summed E-state index contributed by atoms with van der Waals surface area (Å²) in [5.41, 5.74) is 0.117. The number of halogens is 4. The lowest BCUT2D eigenvalue weighted by molar-refractivity contribution is 0.102. The molecule has 0 aliphatic heterocycles. The van der Waals surface area contributed by atoms with Crippen LogP contribution < -0.4 is 5.32 Å². The number of thioether (sulfide) groups is 1. The fourth-order valence-electron chi connectivity index (χ4n) is 4.10. The number of carbonyl (C=O) groups is 1. The van der Waals surface area contributed by atoms with Crippen LogP contribution in [0.3, 0.4) is 0 Å². The third-order valence-electron chi connectivity index (χ3n) is 5.83. The van der Waals surface area contributed by atoms with Gasteiger partial charge in [-0.1, -0.05) is 38.8 Å². The summed E-state index contributed by atoms with van der Waals surface area (Å²) in [5, 5.41) is 7.48. The zero-order valence-electron chi connectivity index (χ0n) is 19.9. The van der Waals surface area contributed by atoms with E-state index >= 15 is 0 Å². The summed E-state index contributed by atoms with van der Waals surface area (Å²) < 4.78 is 42.1. The molecule has 1 heterocycles. The molecule has 1 aromatic heterocycles. The smallest absolute Gasteiger partial charge is 0.255 e. The van der Waals surface area contributed by atoms with Crippen LogP contribution in [0.1, 0.15) is 50.4 Å². The number of nitrogens with zero attached hydrogens (tertiary/aromatic N) is 2. The van der Waals surface area contributed by atoms with Gasteiger partial charge in [0.05, 0.1) is 5.02 Å². The molecule has 0 aliphatic rings. The number of benzene rings is 2. The molecular formula is C26H29ClF3N3OS. The van der Waals surface area contributed by atoms with E-state index in [-0.39, 0.29) is 16.5 Å². The first-order chi connectivity index (χ1) is 16.7. The van der Waals surface area contributed by atoms with Crippen LogP contribution in [0.5, 0.6) is 0 Å². The molecule has 1 amide bonds. The number of carbonyl (C=O) groups excluding carboxylic acids is 1. The molecule has 3 rings (SSSR count). The normalized spacial score (nSPS) is 13.9. The lowest BCUT2D eigenvalue weighted by atomic mass is 9.90. The zero-order valence-corrected chi connectivity index (χ0v) is 21.5. The van der Waals surface area contributed by atoms with Crippen molar-refractivity contribution in [3.05, 3.63) is 76.8 Å². The van der Waals surface area contributed by atoms with Gasteiger partial charge in [0.1, 0.15) is 0 Å². The van der Waals surface area contributed by atoms with E-state index in [0.717, 1.165) is 42.8 Å². The zero-order chi connectivity index (χ0) is 25.5. The van der Waals surface area contributed by atoms with Crippen LogP contribution in [0.15, 0.2) is 53.7 Å². The number of hydrogen-bond donors (Lipinski definition) is 1. The van der Waals surface area contributed by atoms with Gasteiger partial charge in [-0.05, 0) is 48.9 Å². The highest BCUT2D eigenvalue weighted by molar-refractivity contribution is 8.00. The maximum absolute atomic E-state index is 13.5. The predicted molar refractivity (Wildman–Crippen MR) is 135 cm³/mol. The Morgan fingerprint density at radius 1 is 1.17 bits per heavy atom. The Bertz CT molecular complexity index is 1120. The molecule has 3 unspecified atom stereocenters. The number of rotatable bonds is 11. The summed E-state index contributed by atoms with van der Waals surface area (Å²) in [6.45, 7) is 7.41. The van der Waals surface area contributed by atoms with Crippen molar-refractivity contribution in [2.24, 2.45) is 11.8 Å². The standard InChI is InChI=1S/C26H29ClF3N3OS/c1-4-6-18(11-16(2)15-33-10-5-9-31-33)17(3)35-24-12-19(7-8-21(24)27)26(34)32-20-13-22(28)25(30)23(29)14-20/h5,7-10,12-14,16-18H,4,6,11,15H2,1-3H3,(H,32,34). The minimum Gasteiger partial charge on any atom is -0.322 e. The summed E-state index contributed by atoms with van der Waals surface area (Å²) in [6, 6.07) is 8.24. The minimum atomic E-state index is -1.58. The van der Waals surface area contributed by atoms with Crippen molar-refractivity contribution >= 4 is 35.0 Å². The molecule has 0 bridgehead atoms. The van der Waals surface area contributed by atoms with Gasteiger partial charge in [0.2, 0.25) is 0 Å². The van der Waals surface area contributed by atoms with E-state index < -0.39 is 23.4 Å². The van der Waals surface area contributed by atoms with E-state index in [2.05, 4.69) is 31.2 Å². The van der Waals surface area contributed by atoms with Crippen LogP contribution in [0.2, 0.25) is 5.02 Å². The first-order valence-corrected chi connectivity index (χ1v) is 12.8. The molecule has 0 spiro atoms. The molecule has 0 saturated carbocycles. The lowest BCUT2D eigenvalue weighted by Gasteiger charge is -2.26. The third-order valence-corrected chi connectivity index (χ3v) is 7.62. The van der Waals surface area contributed by atoms with Crippen molar-refractivity contribution in [2.75, 3.05) is 5.32 Å². The summed E-state index contributed by atoms with van der Waals surface area (Å²) in [7, 11) is 0. The second kappa shape index (κ2) is 12.5. The maximum atomic E-state index is 13.5. The van der Waals surface area contributed by atoms with Crippen LogP contribution >= 0.6 is 23.4 Å². The molecule has 0 radical (unpaired) electrons. The largest absolute Gasteiger partial charge is 0.322 e. The first kappa shape index (κ1) is 27.1. The number of amides is 1. The Kier molecular flexibility index (Phi) is 9.69. The molecular weight excluding hydrogens is 495 g/mol. The van der Waals surface area contributed by atoms with E-state index in [1.807, 2.05) is 16.9 Å². The van der Waals surface area contributed by atoms with E-state index in [1.54, 1.807) is 30.1 Å². The Balaban J connectivity index is 1.69. The van der Waals surface area contributed by atoms with Gasteiger partial charge < -0.3 is 5.32 Å². The Hall–Kier alpha value is -2.45. The van der Waals surface area contributed by atoms with Gasteiger partial charge in [0.25, 0.3) is 5.91 Å². The van der Waals surface area contributed by atoms with Crippen molar-refractivity contribution < 1.29 is 18.0 Å². The van der Waals surface area contributed by atoms with Crippen LogP contribution in [-0.2, 0) is 6.54 Å². The van der Waals surface area contributed by atoms with Crippen molar-refractivity contribution in [3.63, 3.8) is 0 Å². The van der Waals surface area contributed by atoms with Crippen LogP contribution in [0.25, 0.3) is 0 Å². The Morgan fingerprint density at radius 2 is 1.89 bits per heavy atom. The maximum Gasteiger partial charge on any atom is 0.255 e. The molecule has 0 aliphatic carbocycles. The molecule has 3 aromatic rings. The van der Waals surface area contributed by atoms with E-state index in [0.29, 0.717) is 16.9 Å². The average molecular weight is 524 g/mol. The highest BCUT2D eigenvalue weighted by Gasteiger charge is 2.22. The monoisotopic (exact) mass is 523 g/mol. The van der Waals surface area contributed by atoms with Gasteiger partial charge in [-0.25, -0.2) is 13.2 Å². The predicted octanol–water partition coefficient (Wildman–Crippen LogP) is 7.83. The number of anilines is 1. The lowest BCUT2D eigenvalue weighted by Crippen LogP contribution is -2.20. The van der Waals surface area contributed by atoms with Crippen molar-refractivity contribution in [1.82, 2.24) is 9.78 Å². The van der Waals surface area contributed by atoms with E-state index in [1.165, 1.54) is 6.07 Å². The summed E-state index contributed by atoms with van der Waals surface area (Å²) in [4.78, 5) is 13.4. The fourth-order valence-corrected chi connectivity index (χ4v) is 5.56. The van der Waals surface area contributed by atoms with Gasteiger partial charge in [0, 0.05) is 52.5 Å². The topological polar surface area (TPSA) is 46.9 Å². The van der Waals surface area contributed by atoms with Crippen molar-refractivity contribution in [2.45, 2.75) is 56.7 Å². The highest BCUT2D eigenvalue weighted by atomic mass is 35.5. The molecule has 1 N–H and O–H groups in total. The number of aromatic nitrogens is 2. The number of nitrogens with one attached hydrogen (secondary N) is 1. The fraction of sp³-hybridized carbons (Fsp3) is 0.385. The summed E-state index contributed by atoms with van der Waals surface area (Å²) in [6.07, 6.45) is 6.90. The Morgan fingerprint density at radius 3 is 2.51 bits per heavy atom. The number of hydrogen-bond acceptors (Lipinski definition) is 3. The molecule has 35 heavy (non-hydrogen) atoms. The van der Waals surface area contributed by atoms with E-state index in [9.17, 15) is 18.0 Å². The van der Waals surface area contributed by atoms with Gasteiger partial charge in [-0.2, -0.15) is 5.10 Å². The molecule has 188 valence electrons. The van der Waals surface area contributed by atoms with Gasteiger partial charge >= 0.3 is 0 Å². The first-order valence-electron chi connectivity index (χ1n) is 11.6. The molecule has 2 aromatic carbocycles. The molecule has 9 heteroatoms. The second-order valence-electron chi connectivity index (χ2n) is 8.79. The molecule has 4 nitrogen and oxygen atoms in total. The van der Waals surface area contributed by atoms with Crippen LogP contribution in [0, 0.1) is 29.3 Å². The van der Waals surface area contributed by atoms with Crippen molar-refractivity contribution in [3.8, 4) is 0 Å². The van der Waals surface area contributed by atoms with Crippen LogP contribution in [-0.4, -0.2) is 20.9 Å². The molecule has 0 fully saturated rings. The molecule has 0 saturated heterocycles. The Labute approximate surface area is 213 Å². The molecule has 3 atom stereocenters.